The molecule has 1 aromatic heterocycles. The van der Waals surface area contributed by atoms with Gasteiger partial charge in [0.1, 0.15) is 17.4 Å². The van der Waals surface area contributed by atoms with E-state index >= 15 is 0 Å². The van der Waals surface area contributed by atoms with E-state index < -0.39 is 17.7 Å². The number of piperidine rings is 1. The molecule has 1 fully saturated rings. The first-order valence-corrected chi connectivity index (χ1v) is 15.3. The minimum atomic E-state index is -0.728. The van der Waals surface area contributed by atoms with Gasteiger partial charge >= 0.3 is 6.09 Å². The van der Waals surface area contributed by atoms with Gasteiger partial charge in [0.25, 0.3) is 0 Å². The third kappa shape index (κ3) is 12.1. The van der Waals surface area contributed by atoms with Gasteiger partial charge in [-0.3, -0.25) is 14.4 Å². The Morgan fingerprint density at radius 3 is 2.38 bits per heavy atom. The molecule has 2 rings (SSSR count). The lowest BCUT2D eigenvalue weighted by atomic mass is 9.94. The summed E-state index contributed by atoms with van der Waals surface area (Å²) in [5, 5.41) is 5.89. The number of hydrogen-bond acceptors (Lipinski definition) is 7. The summed E-state index contributed by atoms with van der Waals surface area (Å²) in [6.45, 7) is 12.4. The lowest BCUT2D eigenvalue weighted by Gasteiger charge is -2.33. The van der Waals surface area contributed by atoms with Crippen LogP contribution in [0.3, 0.4) is 0 Å². The van der Waals surface area contributed by atoms with Crippen molar-refractivity contribution in [3.8, 4) is 0 Å². The SMILES string of the molecule is CCCCC(NC(=O)C(CC(C)C)NC(=O)C1CCN(C(=O)OC(C)(C)C)CC1)C(=O)CSCc1ccco1. The molecule has 39 heavy (non-hydrogen) atoms. The highest BCUT2D eigenvalue weighted by atomic mass is 32.2. The zero-order chi connectivity index (χ0) is 29.0. The largest absolute Gasteiger partial charge is 0.468 e. The molecule has 0 saturated carbocycles. The molecule has 1 aliphatic heterocycles. The van der Waals surface area contributed by atoms with Gasteiger partial charge in [0, 0.05) is 19.0 Å². The topological polar surface area (TPSA) is 118 Å². The molecule has 9 nitrogen and oxygen atoms in total. The summed E-state index contributed by atoms with van der Waals surface area (Å²) in [5.74, 6) is 0.999. The van der Waals surface area contributed by atoms with Crippen LogP contribution in [0.4, 0.5) is 4.79 Å². The van der Waals surface area contributed by atoms with E-state index in [1.807, 2.05) is 53.7 Å². The number of likely N-dealkylation sites (tertiary alicyclic amines) is 1. The molecule has 2 unspecified atom stereocenters. The quantitative estimate of drug-likeness (QED) is 0.328. The highest BCUT2D eigenvalue weighted by Crippen LogP contribution is 2.21. The third-order valence-electron chi connectivity index (χ3n) is 6.48. The van der Waals surface area contributed by atoms with E-state index in [0.717, 1.165) is 18.6 Å². The molecule has 0 aromatic carbocycles. The van der Waals surface area contributed by atoms with E-state index in [1.165, 1.54) is 11.8 Å². The van der Waals surface area contributed by atoms with Crippen LogP contribution < -0.4 is 10.6 Å². The van der Waals surface area contributed by atoms with Crippen molar-refractivity contribution in [2.45, 2.75) is 104 Å². The minimum absolute atomic E-state index is 0.0301. The Morgan fingerprint density at radius 1 is 1.13 bits per heavy atom. The van der Waals surface area contributed by atoms with Crippen LogP contribution in [0.1, 0.15) is 85.8 Å². The summed E-state index contributed by atoms with van der Waals surface area (Å²) < 4.78 is 10.8. The van der Waals surface area contributed by atoms with Crippen molar-refractivity contribution in [2.75, 3.05) is 18.8 Å². The number of nitrogens with zero attached hydrogens (tertiary/aromatic N) is 1. The predicted octanol–water partition coefficient (Wildman–Crippen LogP) is 4.93. The summed E-state index contributed by atoms with van der Waals surface area (Å²) in [5.41, 5.74) is -0.572. The zero-order valence-corrected chi connectivity index (χ0v) is 25.2. The maximum Gasteiger partial charge on any atom is 0.410 e. The number of carbonyl (C=O) groups excluding carboxylic acids is 4. The lowest BCUT2D eigenvalue weighted by molar-refractivity contribution is -0.133. The molecule has 0 bridgehead atoms. The van der Waals surface area contributed by atoms with Crippen molar-refractivity contribution >= 4 is 35.5 Å². The first-order valence-electron chi connectivity index (χ1n) is 14.1. The summed E-state index contributed by atoms with van der Waals surface area (Å²) in [4.78, 5) is 53.5. The second-order valence-electron chi connectivity index (χ2n) is 11.7. The Labute approximate surface area is 237 Å². The first-order chi connectivity index (χ1) is 18.4. The van der Waals surface area contributed by atoms with Crippen molar-refractivity contribution in [2.24, 2.45) is 11.8 Å². The average molecular weight is 566 g/mol. The number of furan rings is 1. The van der Waals surface area contributed by atoms with E-state index in [4.69, 9.17) is 9.15 Å². The summed E-state index contributed by atoms with van der Waals surface area (Å²) >= 11 is 1.46. The van der Waals surface area contributed by atoms with Crippen LogP contribution in [-0.2, 0) is 24.9 Å². The Balaban J connectivity index is 1.94. The van der Waals surface area contributed by atoms with Crippen molar-refractivity contribution in [1.82, 2.24) is 15.5 Å². The molecule has 2 atom stereocenters. The molecule has 0 radical (unpaired) electrons. The summed E-state index contributed by atoms with van der Waals surface area (Å²) in [6, 6.07) is 2.36. The van der Waals surface area contributed by atoms with Gasteiger partial charge < -0.3 is 24.7 Å². The average Bonchev–Trinajstić information content (AvgIpc) is 3.38. The molecule has 0 aliphatic carbocycles. The van der Waals surface area contributed by atoms with E-state index in [9.17, 15) is 19.2 Å². The normalized spacial score (nSPS) is 16.0. The number of carbonyl (C=O) groups is 4. The number of rotatable bonds is 14. The van der Waals surface area contributed by atoms with Gasteiger partial charge in [0.2, 0.25) is 11.8 Å². The van der Waals surface area contributed by atoms with Gasteiger partial charge in [-0.1, -0.05) is 33.6 Å². The van der Waals surface area contributed by atoms with Gasteiger partial charge in [0.15, 0.2) is 5.78 Å². The maximum absolute atomic E-state index is 13.3. The third-order valence-corrected chi connectivity index (χ3v) is 7.46. The Morgan fingerprint density at radius 2 is 1.82 bits per heavy atom. The van der Waals surface area contributed by atoms with E-state index in [-0.39, 0.29) is 41.3 Å². The van der Waals surface area contributed by atoms with Crippen LogP contribution in [0.25, 0.3) is 0 Å². The molecule has 0 spiro atoms. The molecular formula is C29H47N3O6S. The van der Waals surface area contributed by atoms with Gasteiger partial charge in [-0.2, -0.15) is 0 Å². The second kappa shape index (κ2) is 15.9. The van der Waals surface area contributed by atoms with E-state index in [1.54, 1.807) is 11.2 Å². The molecule has 2 heterocycles. The first kappa shape index (κ1) is 32.7. The Bertz CT molecular complexity index is 920. The summed E-state index contributed by atoms with van der Waals surface area (Å²) in [7, 11) is 0. The fraction of sp³-hybridized carbons (Fsp3) is 0.724. The molecule has 1 aromatic rings. The Hall–Kier alpha value is -2.49. The van der Waals surface area contributed by atoms with Gasteiger partial charge in [-0.05, 0) is 64.5 Å². The molecule has 220 valence electrons. The molecule has 3 amide bonds. The molecule has 1 aliphatic rings. The fourth-order valence-electron chi connectivity index (χ4n) is 4.38. The van der Waals surface area contributed by atoms with Crippen molar-refractivity contribution in [1.29, 1.82) is 0 Å². The van der Waals surface area contributed by atoms with Crippen LogP contribution in [0, 0.1) is 11.8 Å². The van der Waals surface area contributed by atoms with Crippen molar-refractivity contribution < 1.29 is 28.3 Å². The smallest absolute Gasteiger partial charge is 0.410 e. The molecule has 1 saturated heterocycles. The zero-order valence-electron chi connectivity index (χ0n) is 24.4. The van der Waals surface area contributed by atoms with Crippen molar-refractivity contribution in [3.63, 3.8) is 0 Å². The second-order valence-corrected chi connectivity index (χ2v) is 12.7. The molecule has 2 N–H and O–H groups in total. The van der Waals surface area contributed by atoms with E-state index in [0.29, 0.717) is 44.5 Å². The number of unbranched alkanes of at least 4 members (excludes halogenated alkanes) is 1. The van der Waals surface area contributed by atoms with E-state index in [2.05, 4.69) is 10.6 Å². The monoisotopic (exact) mass is 565 g/mol. The van der Waals surface area contributed by atoms with Crippen LogP contribution in [0.15, 0.2) is 22.8 Å². The van der Waals surface area contributed by atoms with Gasteiger partial charge in [-0.15, -0.1) is 11.8 Å². The number of hydrogen-bond donors (Lipinski definition) is 2. The predicted molar refractivity (Wildman–Crippen MR) is 153 cm³/mol. The number of Topliss-reactive ketones (excluding diaryl/α,β-unsaturated/α-hetero) is 1. The molecule has 10 heteroatoms. The van der Waals surface area contributed by atoms with Gasteiger partial charge in [0.05, 0.1) is 23.8 Å². The number of ether oxygens (including phenoxy) is 1. The highest BCUT2D eigenvalue weighted by molar-refractivity contribution is 7.99. The molecular weight excluding hydrogens is 518 g/mol. The number of thioether (sulfide) groups is 1. The number of nitrogens with one attached hydrogen (secondary N) is 2. The number of amides is 3. The van der Waals surface area contributed by atoms with Crippen LogP contribution in [0.5, 0.6) is 0 Å². The maximum atomic E-state index is 13.3. The lowest BCUT2D eigenvalue weighted by Crippen LogP contribution is -2.54. The number of ketones is 1. The van der Waals surface area contributed by atoms with Crippen LogP contribution >= 0.6 is 11.8 Å². The van der Waals surface area contributed by atoms with Crippen LogP contribution in [-0.4, -0.2) is 65.1 Å². The Kier molecular flexibility index (Phi) is 13.4. The standard InChI is InChI=1S/C29H47N3O6S/c1-7-8-11-23(25(33)19-39-18-22-10-9-16-37-22)30-27(35)24(17-20(2)3)31-26(34)21-12-14-32(15-13-21)28(36)38-29(4,5)6/h9-10,16,20-21,23-24H,7-8,11-15,17-19H2,1-6H3,(H,30,35)(H,31,34). The highest BCUT2D eigenvalue weighted by Gasteiger charge is 2.33. The van der Waals surface area contributed by atoms with Crippen molar-refractivity contribution in [3.05, 3.63) is 24.2 Å². The fourth-order valence-corrected chi connectivity index (χ4v) is 5.25. The summed E-state index contributed by atoms with van der Waals surface area (Å²) in [6.07, 6.45) is 5.00. The van der Waals surface area contributed by atoms with Crippen LogP contribution in [0.2, 0.25) is 0 Å². The van der Waals surface area contributed by atoms with Gasteiger partial charge in [-0.25, -0.2) is 4.79 Å². The minimum Gasteiger partial charge on any atom is -0.468 e.